The lowest BCUT2D eigenvalue weighted by atomic mass is 10.1. The average molecular weight is 348 g/mol. The molecule has 0 bridgehead atoms. The van der Waals surface area contributed by atoms with Crippen molar-refractivity contribution < 1.29 is 9.21 Å². The Bertz CT molecular complexity index is 787. The maximum atomic E-state index is 12.8. The summed E-state index contributed by atoms with van der Waals surface area (Å²) in [5, 5.41) is 3.15. The third-order valence-corrected chi connectivity index (χ3v) is 4.25. The molecule has 1 amide bonds. The van der Waals surface area contributed by atoms with Crippen LogP contribution in [-0.2, 0) is 6.54 Å². The van der Waals surface area contributed by atoms with Crippen LogP contribution in [0.3, 0.4) is 0 Å². The molecule has 138 valence electrons. The van der Waals surface area contributed by atoms with E-state index in [2.05, 4.69) is 29.0 Å². The largest absolute Gasteiger partial charge is 0.442 e. The van der Waals surface area contributed by atoms with E-state index in [9.17, 15) is 9.59 Å². The van der Waals surface area contributed by atoms with Crippen LogP contribution in [0.15, 0.2) is 15.5 Å². The van der Waals surface area contributed by atoms with E-state index in [1.54, 1.807) is 6.92 Å². The molecule has 0 saturated carbocycles. The Labute approximate surface area is 148 Å². The molecule has 25 heavy (non-hydrogen) atoms. The van der Waals surface area contributed by atoms with Crippen molar-refractivity contribution in [2.75, 3.05) is 26.2 Å². The fraction of sp³-hybridized carbons (Fsp3) is 0.611. The second-order valence-electron chi connectivity index (χ2n) is 6.59. The van der Waals surface area contributed by atoms with E-state index in [-0.39, 0.29) is 22.6 Å². The molecule has 0 aliphatic heterocycles. The van der Waals surface area contributed by atoms with E-state index in [4.69, 9.17) is 4.42 Å². The molecule has 0 aliphatic carbocycles. The Hall–Kier alpha value is -2.15. The van der Waals surface area contributed by atoms with Crippen molar-refractivity contribution >= 4 is 17.0 Å². The summed E-state index contributed by atoms with van der Waals surface area (Å²) in [5.74, 6) is 0.433. The summed E-state index contributed by atoms with van der Waals surface area (Å²) in [5.41, 5.74) is 0.283. The van der Waals surface area contributed by atoms with Gasteiger partial charge in [0.25, 0.3) is 11.5 Å². The summed E-state index contributed by atoms with van der Waals surface area (Å²) >= 11 is 0. The van der Waals surface area contributed by atoms with Crippen LogP contribution < -0.4 is 10.9 Å². The van der Waals surface area contributed by atoms with Gasteiger partial charge in [-0.3, -0.25) is 14.2 Å². The minimum Gasteiger partial charge on any atom is -0.442 e. The third-order valence-electron chi connectivity index (χ3n) is 4.25. The fourth-order valence-electron chi connectivity index (χ4n) is 2.89. The molecule has 1 N–H and O–H groups in total. The number of hydrogen-bond donors (Lipinski definition) is 1. The first kappa shape index (κ1) is 19.2. The van der Waals surface area contributed by atoms with Crippen LogP contribution in [0.5, 0.6) is 0 Å². The highest BCUT2D eigenvalue weighted by atomic mass is 16.3. The summed E-state index contributed by atoms with van der Waals surface area (Å²) < 4.78 is 7.07. The predicted molar refractivity (Wildman–Crippen MR) is 98.0 cm³/mol. The van der Waals surface area contributed by atoms with Crippen molar-refractivity contribution in [2.24, 2.45) is 5.92 Å². The zero-order valence-electron chi connectivity index (χ0n) is 15.8. The summed E-state index contributed by atoms with van der Waals surface area (Å²) in [6.07, 6.45) is 1.48. The highest BCUT2D eigenvalue weighted by Crippen LogP contribution is 2.20. The van der Waals surface area contributed by atoms with Gasteiger partial charge in [0, 0.05) is 19.6 Å². The highest BCUT2D eigenvalue weighted by molar-refractivity contribution is 6.06. The van der Waals surface area contributed by atoms with E-state index in [1.807, 2.05) is 13.8 Å². The fourth-order valence-corrected chi connectivity index (χ4v) is 2.89. The monoisotopic (exact) mass is 348 g/mol. The van der Waals surface area contributed by atoms with E-state index in [0.29, 0.717) is 30.3 Å². The SMILES string of the molecule is CCN(CC)CCNC(=O)c1c(C)oc2ncn(CC(C)C)c(=O)c12. The Morgan fingerprint density at radius 1 is 1.36 bits per heavy atom. The van der Waals surface area contributed by atoms with E-state index < -0.39 is 0 Å². The molecule has 0 radical (unpaired) electrons. The van der Waals surface area contributed by atoms with E-state index in [0.717, 1.165) is 19.6 Å². The molecule has 7 nitrogen and oxygen atoms in total. The first-order chi connectivity index (χ1) is 11.9. The van der Waals surface area contributed by atoms with Crippen LogP contribution in [0.4, 0.5) is 0 Å². The lowest BCUT2D eigenvalue weighted by Gasteiger charge is -2.17. The average Bonchev–Trinajstić information content (AvgIpc) is 2.90. The zero-order chi connectivity index (χ0) is 18.6. The number of nitrogens with one attached hydrogen (secondary N) is 1. The number of fused-ring (bicyclic) bond motifs is 1. The van der Waals surface area contributed by atoms with Crippen LogP contribution >= 0.6 is 0 Å². The van der Waals surface area contributed by atoms with Gasteiger partial charge in [0.2, 0.25) is 5.71 Å². The summed E-state index contributed by atoms with van der Waals surface area (Å²) in [7, 11) is 0. The van der Waals surface area contributed by atoms with E-state index in [1.165, 1.54) is 10.9 Å². The Morgan fingerprint density at radius 2 is 2.04 bits per heavy atom. The minimum atomic E-state index is -0.287. The summed E-state index contributed by atoms with van der Waals surface area (Å²) in [6.45, 7) is 13.6. The summed E-state index contributed by atoms with van der Waals surface area (Å²) in [4.78, 5) is 31.8. The van der Waals surface area contributed by atoms with Crippen molar-refractivity contribution in [1.82, 2.24) is 19.8 Å². The van der Waals surface area contributed by atoms with Crippen LogP contribution in [-0.4, -0.2) is 46.5 Å². The molecule has 0 atom stereocenters. The smallest absolute Gasteiger partial charge is 0.265 e. The molecule has 7 heteroatoms. The van der Waals surface area contributed by atoms with Gasteiger partial charge in [-0.25, -0.2) is 4.98 Å². The van der Waals surface area contributed by atoms with Crippen LogP contribution in [0.2, 0.25) is 0 Å². The standard InChI is InChI=1S/C18H28N4O3/c1-6-21(7-2)9-8-19-16(23)14-13(5)25-17-15(14)18(24)22(11-20-17)10-12(3)4/h11-12H,6-10H2,1-5H3,(H,19,23). The quantitative estimate of drug-likeness (QED) is 0.789. The molecular formula is C18H28N4O3. The normalized spacial score (nSPS) is 11.6. The summed E-state index contributed by atoms with van der Waals surface area (Å²) in [6, 6.07) is 0. The van der Waals surface area contributed by atoms with Crippen molar-refractivity contribution in [1.29, 1.82) is 0 Å². The molecule has 0 aliphatic rings. The minimum absolute atomic E-state index is 0.219. The number of furan rings is 1. The van der Waals surface area contributed by atoms with Gasteiger partial charge in [0.15, 0.2) is 0 Å². The van der Waals surface area contributed by atoms with Crippen LogP contribution in [0.25, 0.3) is 11.1 Å². The third kappa shape index (κ3) is 4.28. The first-order valence-corrected chi connectivity index (χ1v) is 8.88. The van der Waals surface area contributed by atoms with Gasteiger partial charge in [0.1, 0.15) is 17.5 Å². The highest BCUT2D eigenvalue weighted by Gasteiger charge is 2.22. The Kier molecular flexibility index (Phi) is 6.36. The molecule has 2 aromatic heterocycles. The van der Waals surface area contributed by atoms with Crippen molar-refractivity contribution in [3.05, 3.63) is 28.0 Å². The lowest BCUT2D eigenvalue weighted by Crippen LogP contribution is -2.35. The number of likely N-dealkylation sites (N-methyl/N-ethyl adjacent to an activating group) is 1. The van der Waals surface area contributed by atoms with Crippen LogP contribution in [0.1, 0.15) is 43.8 Å². The molecular weight excluding hydrogens is 320 g/mol. The van der Waals surface area contributed by atoms with Crippen molar-refractivity contribution in [2.45, 2.75) is 41.2 Å². The number of hydrogen-bond acceptors (Lipinski definition) is 5. The molecule has 0 saturated heterocycles. The Balaban J connectivity index is 2.29. The molecule has 0 aromatic carbocycles. The second-order valence-corrected chi connectivity index (χ2v) is 6.59. The van der Waals surface area contributed by atoms with Gasteiger partial charge in [-0.15, -0.1) is 0 Å². The lowest BCUT2D eigenvalue weighted by molar-refractivity contribution is 0.0948. The number of aromatic nitrogens is 2. The van der Waals surface area contributed by atoms with Crippen molar-refractivity contribution in [3.63, 3.8) is 0 Å². The van der Waals surface area contributed by atoms with Gasteiger partial charge < -0.3 is 14.6 Å². The van der Waals surface area contributed by atoms with Gasteiger partial charge in [-0.2, -0.15) is 0 Å². The number of aryl methyl sites for hydroxylation is 1. The number of rotatable bonds is 8. The first-order valence-electron chi connectivity index (χ1n) is 8.88. The van der Waals surface area contributed by atoms with E-state index >= 15 is 0 Å². The number of carbonyl (C=O) groups excluding carboxylic acids is 1. The van der Waals surface area contributed by atoms with Gasteiger partial charge >= 0.3 is 0 Å². The zero-order valence-corrected chi connectivity index (χ0v) is 15.8. The number of carbonyl (C=O) groups is 1. The molecule has 0 fully saturated rings. The molecule has 0 spiro atoms. The maximum absolute atomic E-state index is 12.8. The predicted octanol–water partition coefficient (Wildman–Crippen LogP) is 2.03. The maximum Gasteiger partial charge on any atom is 0.265 e. The number of nitrogens with zero attached hydrogens (tertiary/aromatic N) is 3. The second kappa shape index (κ2) is 8.29. The van der Waals surface area contributed by atoms with Gasteiger partial charge in [-0.05, 0) is 25.9 Å². The van der Waals surface area contributed by atoms with Gasteiger partial charge in [0.05, 0.1) is 5.56 Å². The van der Waals surface area contributed by atoms with Crippen LogP contribution in [0, 0.1) is 12.8 Å². The topological polar surface area (TPSA) is 80.4 Å². The molecule has 2 rings (SSSR count). The van der Waals surface area contributed by atoms with Crippen molar-refractivity contribution in [3.8, 4) is 0 Å². The molecule has 2 aromatic rings. The molecule has 0 unspecified atom stereocenters. The Morgan fingerprint density at radius 3 is 2.64 bits per heavy atom. The van der Waals surface area contributed by atoms with Gasteiger partial charge in [-0.1, -0.05) is 27.7 Å². The molecule has 2 heterocycles. The number of amides is 1.